The van der Waals surface area contributed by atoms with Gasteiger partial charge in [-0.25, -0.2) is 9.13 Å². The highest BCUT2D eigenvalue weighted by Gasteiger charge is 2.30. The minimum Gasteiger partial charge on any atom is -0.462 e. The van der Waals surface area contributed by atoms with Gasteiger partial charge in [0.15, 0.2) is 12.2 Å². The Morgan fingerprint density at radius 1 is 0.318 bits per heavy atom. The van der Waals surface area contributed by atoms with E-state index in [1.54, 1.807) is 0 Å². The van der Waals surface area contributed by atoms with Gasteiger partial charge in [0.25, 0.3) is 0 Å². The number of carbonyl (C=O) groups is 4. The number of phosphoric acid groups is 2. The lowest BCUT2D eigenvalue weighted by Crippen LogP contribution is -2.30. The van der Waals surface area contributed by atoms with Crippen molar-refractivity contribution in [1.82, 2.24) is 0 Å². The Kier molecular flexibility index (Phi) is 55.9. The van der Waals surface area contributed by atoms with Crippen LogP contribution in [-0.4, -0.2) is 96.7 Å². The lowest BCUT2D eigenvalue weighted by atomic mass is 10.0. The molecule has 504 valence electrons. The van der Waals surface area contributed by atoms with Crippen LogP contribution < -0.4 is 0 Å². The molecule has 17 nitrogen and oxygen atoms in total. The highest BCUT2D eigenvalue weighted by molar-refractivity contribution is 7.47. The number of esters is 4. The number of hydrogen-bond acceptors (Lipinski definition) is 15. The maximum Gasteiger partial charge on any atom is 0.472 e. The lowest BCUT2D eigenvalue weighted by Gasteiger charge is -2.21. The van der Waals surface area contributed by atoms with Crippen LogP contribution in [0.15, 0.2) is 0 Å². The van der Waals surface area contributed by atoms with Gasteiger partial charge in [-0.15, -0.1) is 0 Å². The van der Waals surface area contributed by atoms with Crippen molar-refractivity contribution in [3.63, 3.8) is 0 Å². The molecular weight excluding hydrogens is 1130 g/mol. The fourth-order valence-corrected chi connectivity index (χ4v) is 11.4. The number of unbranched alkanes of at least 4 members (excludes halogenated alkanes) is 32. The van der Waals surface area contributed by atoms with Crippen LogP contribution in [-0.2, 0) is 65.4 Å². The third-order valence-corrected chi connectivity index (χ3v) is 17.0. The summed E-state index contributed by atoms with van der Waals surface area (Å²) < 4.78 is 68.0. The molecule has 3 N–H and O–H groups in total. The van der Waals surface area contributed by atoms with Crippen LogP contribution in [0.25, 0.3) is 0 Å². The Morgan fingerprint density at radius 2 is 0.541 bits per heavy atom. The van der Waals surface area contributed by atoms with Gasteiger partial charge in [0.2, 0.25) is 0 Å². The third-order valence-electron chi connectivity index (χ3n) is 15.1. The van der Waals surface area contributed by atoms with Crippen LogP contribution in [0.2, 0.25) is 0 Å². The van der Waals surface area contributed by atoms with Crippen LogP contribution >= 0.6 is 15.6 Å². The van der Waals surface area contributed by atoms with Crippen molar-refractivity contribution in [2.24, 2.45) is 17.8 Å². The van der Waals surface area contributed by atoms with Gasteiger partial charge in [-0.2, -0.15) is 0 Å². The van der Waals surface area contributed by atoms with Crippen molar-refractivity contribution < 1.29 is 80.2 Å². The molecule has 0 heterocycles. The molecule has 85 heavy (non-hydrogen) atoms. The van der Waals surface area contributed by atoms with Crippen molar-refractivity contribution in [1.29, 1.82) is 0 Å². The molecule has 2 unspecified atom stereocenters. The maximum absolute atomic E-state index is 13.0. The van der Waals surface area contributed by atoms with E-state index in [0.29, 0.717) is 37.5 Å². The summed E-state index contributed by atoms with van der Waals surface area (Å²) >= 11 is 0. The number of aliphatic hydroxyl groups excluding tert-OH is 1. The molecule has 0 aromatic carbocycles. The number of rotatable bonds is 64. The number of carbonyl (C=O) groups excluding carboxylic acids is 4. The quantitative estimate of drug-likeness (QED) is 0.0222. The number of hydrogen-bond donors (Lipinski definition) is 3. The summed E-state index contributed by atoms with van der Waals surface area (Å²) in [6.45, 7) is 11.7. The van der Waals surface area contributed by atoms with Gasteiger partial charge in [0.05, 0.1) is 26.4 Å². The predicted molar refractivity (Wildman–Crippen MR) is 340 cm³/mol. The molecular formula is C66H128O17P2. The molecule has 0 saturated heterocycles. The zero-order valence-corrected chi connectivity index (χ0v) is 56.9. The molecule has 0 saturated carbocycles. The van der Waals surface area contributed by atoms with E-state index < -0.39 is 97.5 Å². The number of phosphoric ester groups is 2. The fourth-order valence-electron chi connectivity index (χ4n) is 9.83. The van der Waals surface area contributed by atoms with E-state index in [1.807, 2.05) is 0 Å². The van der Waals surface area contributed by atoms with E-state index >= 15 is 0 Å². The lowest BCUT2D eigenvalue weighted by molar-refractivity contribution is -0.161. The van der Waals surface area contributed by atoms with Gasteiger partial charge >= 0.3 is 39.5 Å². The second-order valence-electron chi connectivity index (χ2n) is 25.3. The van der Waals surface area contributed by atoms with Gasteiger partial charge in [-0.05, 0) is 43.4 Å². The summed E-state index contributed by atoms with van der Waals surface area (Å²) in [6, 6.07) is 0. The summed E-state index contributed by atoms with van der Waals surface area (Å²) in [5.41, 5.74) is 0. The van der Waals surface area contributed by atoms with Crippen molar-refractivity contribution in [3.05, 3.63) is 0 Å². The first-order valence-electron chi connectivity index (χ1n) is 34.3. The third kappa shape index (κ3) is 60.7. The molecule has 0 aliphatic carbocycles. The predicted octanol–water partition coefficient (Wildman–Crippen LogP) is 18.3. The largest absolute Gasteiger partial charge is 0.472 e. The van der Waals surface area contributed by atoms with Crippen molar-refractivity contribution >= 4 is 39.5 Å². The van der Waals surface area contributed by atoms with Gasteiger partial charge < -0.3 is 33.8 Å². The molecule has 5 atom stereocenters. The summed E-state index contributed by atoms with van der Waals surface area (Å²) in [5.74, 6) is 0.0372. The molecule has 0 aliphatic heterocycles. The molecule has 19 heteroatoms. The first kappa shape index (κ1) is 83.1. The van der Waals surface area contributed by atoms with E-state index in [-0.39, 0.29) is 25.7 Å². The summed E-state index contributed by atoms with van der Waals surface area (Å²) in [5, 5.41) is 10.5. The SMILES string of the molecule is CCCCCCCCCCC(=O)OC[C@H](COP(=O)(O)OC[C@H](O)COP(=O)(O)OC[C@@H](COC(=O)CCCCCCCCCC(C)C)OC(=O)CCCCCCCCCCCCCCCCCC(C)C)OC(=O)CCCCCCCCC(C)C. The summed E-state index contributed by atoms with van der Waals surface area (Å²) in [7, 11) is -9.89. The highest BCUT2D eigenvalue weighted by Crippen LogP contribution is 2.45. The zero-order chi connectivity index (χ0) is 63.1. The Balaban J connectivity index is 5.17. The number of ether oxygens (including phenoxy) is 4. The average molecular weight is 1260 g/mol. The first-order valence-corrected chi connectivity index (χ1v) is 37.3. The Morgan fingerprint density at radius 3 is 0.800 bits per heavy atom. The van der Waals surface area contributed by atoms with E-state index in [9.17, 15) is 43.2 Å². The molecule has 0 fully saturated rings. The average Bonchev–Trinajstić information content (AvgIpc) is 3.62. The van der Waals surface area contributed by atoms with Crippen LogP contribution in [0.4, 0.5) is 0 Å². The Labute approximate surface area is 517 Å². The molecule has 0 amide bonds. The normalized spacial score (nSPS) is 14.3. The minimum atomic E-state index is -4.95. The number of aliphatic hydroxyl groups is 1. The first-order chi connectivity index (χ1) is 40.7. The van der Waals surface area contributed by atoms with Crippen molar-refractivity contribution in [2.45, 2.75) is 343 Å². The highest BCUT2D eigenvalue weighted by atomic mass is 31.2. The minimum absolute atomic E-state index is 0.102. The topological polar surface area (TPSA) is 237 Å². The fraction of sp³-hybridized carbons (Fsp3) is 0.939. The van der Waals surface area contributed by atoms with Crippen LogP contribution in [0.1, 0.15) is 325 Å². The molecule has 0 bridgehead atoms. The summed E-state index contributed by atoms with van der Waals surface area (Å²) in [4.78, 5) is 72.2. The van der Waals surface area contributed by atoms with E-state index in [2.05, 4.69) is 48.5 Å². The standard InChI is InChI=1S/C66H128O17P2/c1-8-9-10-11-12-25-33-40-47-63(68)76-54-62(83-66(71)50-43-36-29-28-32-39-46-59(6)7)56-81-85(74,75)79-52-60(67)51-78-84(72,73)80-55-61(53-77-64(69)48-41-34-27-22-24-31-38-45-58(4)5)82-65(70)49-42-35-26-21-19-17-15-13-14-16-18-20-23-30-37-44-57(2)3/h57-62,67H,8-56H2,1-7H3,(H,72,73)(H,74,75)/t60-,61-,62-/m1/s1. The van der Waals surface area contributed by atoms with Gasteiger partial charge in [-0.1, -0.05) is 273 Å². The smallest absolute Gasteiger partial charge is 0.462 e. The van der Waals surface area contributed by atoms with Gasteiger partial charge in [0.1, 0.15) is 19.3 Å². The molecule has 0 aromatic rings. The summed E-state index contributed by atoms with van der Waals surface area (Å²) in [6.07, 6.45) is 39.3. The van der Waals surface area contributed by atoms with Gasteiger partial charge in [-0.3, -0.25) is 37.3 Å². The van der Waals surface area contributed by atoms with Crippen LogP contribution in [0, 0.1) is 17.8 Å². The van der Waals surface area contributed by atoms with E-state index in [0.717, 1.165) is 109 Å². The molecule has 0 aromatic heterocycles. The zero-order valence-electron chi connectivity index (χ0n) is 55.1. The van der Waals surface area contributed by atoms with Crippen LogP contribution in [0.5, 0.6) is 0 Å². The molecule has 0 spiro atoms. The van der Waals surface area contributed by atoms with E-state index in [4.69, 9.17) is 37.0 Å². The van der Waals surface area contributed by atoms with Crippen molar-refractivity contribution in [3.8, 4) is 0 Å². The molecule has 0 rings (SSSR count). The van der Waals surface area contributed by atoms with E-state index in [1.165, 1.54) is 122 Å². The van der Waals surface area contributed by atoms with Crippen molar-refractivity contribution in [2.75, 3.05) is 39.6 Å². The molecule has 0 aliphatic rings. The monoisotopic (exact) mass is 1250 g/mol. The second-order valence-corrected chi connectivity index (χ2v) is 28.2. The van der Waals surface area contributed by atoms with Crippen LogP contribution in [0.3, 0.4) is 0 Å². The second kappa shape index (κ2) is 57.2. The Bertz CT molecular complexity index is 1680. The van der Waals surface area contributed by atoms with Gasteiger partial charge in [0, 0.05) is 25.7 Å². The Hall–Kier alpha value is -1.94. The maximum atomic E-state index is 13.0. The molecule has 0 radical (unpaired) electrons.